The van der Waals surface area contributed by atoms with Crippen molar-refractivity contribution in [3.05, 3.63) is 29.8 Å². The second-order valence-electron chi connectivity index (χ2n) is 6.49. The molecule has 0 aliphatic carbocycles. The van der Waals surface area contributed by atoms with Crippen LogP contribution in [0.1, 0.15) is 26.3 Å². The summed E-state index contributed by atoms with van der Waals surface area (Å²) in [4.78, 5) is 5.14. The Morgan fingerprint density at radius 3 is 2.11 bits per heavy atom. The van der Waals surface area contributed by atoms with Crippen molar-refractivity contribution in [1.82, 2.24) is 9.80 Å². The molecule has 1 aromatic rings. The van der Waals surface area contributed by atoms with Crippen LogP contribution >= 0.6 is 0 Å². The fourth-order valence-electron chi connectivity index (χ4n) is 2.61. The van der Waals surface area contributed by atoms with Crippen LogP contribution < -0.4 is 5.73 Å². The van der Waals surface area contributed by atoms with E-state index in [1.807, 2.05) is 12.1 Å². The van der Waals surface area contributed by atoms with Gasteiger partial charge in [-0.2, -0.15) is 0 Å². The topological polar surface area (TPSA) is 32.5 Å². The van der Waals surface area contributed by atoms with Gasteiger partial charge < -0.3 is 10.6 Å². The lowest BCUT2D eigenvalue weighted by atomic mass is 10.0. The lowest BCUT2D eigenvalue weighted by molar-refractivity contribution is 0.0629. The average molecular weight is 261 g/mol. The zero-order valence-electron chi connectivity index (χ0n) is 12.5. The van der Waals surface area contributed by atoms with Gasteiger partial charge in [-0.25, -0.2) is 0 Å². The Bertz CT molecular complexity index is 383. The molecular weight excluding hydrogens is 234 g/mol. The average Bonchev–Trinajstić information content (AvgIpc) is 2.37. The number of nitrogens with zero attached hydrogens (tertiary/aromatic N) is 2. The van der Waals surface area contributed by atoms with E-state index < -0.39 is 0 Å². The first kappa shape index (κ1) is 14.4. The van der Waals surface area contributed by atoms with Gasteiger partial charge in [0, 0.05) is 44.0 Å². The third-order valence-electron chi connectivity index (χ3n) is 4.02. The normalized spacial score (nSPS) is 18.7. The Morgan fingerprint density at radius 2 is 1.58 bits per heavy atom. The van der Waals surface area contributed by atoms with Crippen molar-refractivity contribution in [1.29, 1.82) is 0 Å². The highest BCUT2D eigenvalue weighted by molar-refractivity contribution is 5.39. The summed E-state index contributed by atoms with van der Waals surface area (Å²) in [5, 5.41) is 0. The van der Waals surface area contributed by atoms with Crippen LogP contribution in [0.3, 0.4) is 0 Å². The van der Waals surface area contributed by atoms with E-state index in [-0.39, 0.29) is 0 Å². The summed E-state index contributed by atoms with van der Waals surface area (Å²) in [5.41, 5.74) is 8.25. The van der Waals surface area contributed by atoms with E-state index in [2.05, 4.69) is 42.7 Å². The number of nitrogens with two attached hydrogens (primary N) is 1. The third-order valence-corrected chi connectivity index (χ3v) is 4.02. The van der Waals surface area contributed by atoms with E-state index in [0.29, 0.717) is 5.54 Å². The minimum Gasteiger partial charge on any atom is -0.399 e. The minimum atomic E-state index is 0.309. The van der Waals surface area contributed by atoms with E-state index in [4.69, 9.17) is 5.73 Å². The number of hydrogen-bond acceptors (Lipinski definition) is 3. The van der Waals surface area contributed by atoms with Gasteiger partial charge in [0.05, 0.1) is 0 Å². The smallest absolute Gasteiger partial charge is 0.0314 e. The quantitative estimate of drug-likeness (QED) is 0.847. The molecule has 1 heterocycles. The van der Waals surface area contributed by atoms with Crippen LogP contribution in [0.15, 0.2) is 24.3 Å². The molecule has 0 amide bonds. The van der Waals surface area contributed by atoms with Crippen molar-refractivity contribution in [3.63, 3.8) is 0 Å². The van der Waals surface area contributed by atoms with Gasteiger partial charge in [0.2, 0.25) is 0 Å². The fourth-order valence-corrected chi connectivity index (χ4v) is 2.61. The zero-order chi connectivity index (χ0) is 13.9. The predicted octanol–water partition coefficient (Wildman–Crippen LogP) is 2.23. The summed E-state index contributed by atoms with van der Waals surface area (Å²) in [6, 6.07) is 8.27. The predicted molar refractivity (Wildman–Crippen MR) is 82.3 cm³/mol. The van der Waals surface area contributed by atoms with Crippen LogP contribution in [0.25, 0.3) is 0 Å². The number of rotatable bonds is 3. The highest BCUT2D eigenvalue weighted by Gasteiger charge is 2.25. The van der Waals surface area contributed by atoms with E-state index >= 15 is 0 Å². The first-order chi connectivity index (χ1) is 8.95. The van der Waals surface area contributed by atoms with Crippen LogP contribution in [-0.4, -0.2) is 48.1 Å². The molecule has 2 N–H and O–H groups in total. The number of hydrogen-bond donors (Lipinski definition) is 1. The van der Waals surface area contributed by atoms with Gasteiger partial charge >= 0.3 is 0 Å². The molecule has 1 saturated heterocycles. The molecule has 3 nitrogen and oxygen atoms in total. The zero-order valence-corrected chi connectivity index (χ0v) is 12.5. The van der Waals surface area contributed by atoms with Crippen LogP contribution in [0.4, 0.5) is 5.69 Å². The van der Waals surface area contributed by atoms with Gasteiger partial charge in [0.1, 0.15) is 0 Å². The van der Waals surface area contributed by atoms with E-state index in [1.54, 1.807) is 0 Å². The molecule has 0 radical (unpaired) electrons. The maximum Gasteiger partial charge on any atom is 0.0314 e. The molecule has 19 heavy (non-hydrogen) atoms. The number of nitrogen functional groups attached to an aromatic ring is 1. The van der Waals surface area contributed by atoms with Crippen LogP contribution in [-0.2, 0) is 6.42 Å². The summed E-state index contributed by atoms with van der Waals surface area (Å²) in [6.07, 6.45) is 1.12. The van der Waals surface area contributed by atoms with E-state index in [9.17, 15) is 0 Å². The minimum absolute atomic E-state index is 0.309. The molecule has 0 bridgehead atoms. The van der Waals surface area contributed by atoms with Crippen LogP contribution in [0.5, 0.6) is 0 Å². The molecule has 0 atom stereocenters. The fraction of sp³-hybridized carbons (Fsp3) is 0.625. The highest BCUT2D eigenvalue weighted by atomic mass is 15.3. The second-order valence-corrected chi connectivity index (χ2v) is 6.49. The van der Waals surface area contributed by atoms with E-state index in [0.717, 1.165) is 18.7 Å². The number of benzene rings is 1. The van der Waals surface area contributed by atoms with Gasteiger partial charge in [-0.15, -0.1) is 0 Å². The van der Waals surface area contributed by atoms with E-state index in [1.165, 1.54) is 31.7 Å². The highest BCUT2D eigenvalue weighted by Crippen LogP contribution is 2.16. The first-order valence-corrected chi connectivity index (χ1v) is 7.27. The molecular formula is C16H27N3. The Labute approximate surface area is 117 Å². The molecule has 1 aliphatic heterocycles. The lowest BCUT2D eigenvalue weighted by Gasteiger charge is -2.42. The van der Waals surface area contributed by atoms with Crippen molar-refractivity contribution >= 4 is 5.69 Å². The van der Waals surface area contributed by atoms with Crippen molar-refractivity contribution in [2.75, 3.05) is 38.5 Å². The monoisotopic (exact) mass is 261 g/mol. The number of piperazine rings is 1. The molecule has 1 aliphatic rings. The molecule has 106 valence electrons. The van der Waals surface area contributed by atoms with Crippen molar-refractivity contribution in [2.45, 2.75) is 32.7 Å². The summed E-state index contributed by atoms with van der Waals surface area (Å²) in [7, 11) is 0. The Kier molecular flexibility index (Phi) is 4.48. The second kappa shape index (κ2) is 5.93. The van der Waals surface area contributed by atoms with Crippen LogP contribution in [0, 0.1) is 0 Å². The van der Waals surface area contributed by atoms with Crippen molar-refractivity contribution in [3.8, 4) is 0 Å². The molecule has 1 fully saturated rings. The molecule has 0 aromatic heterocycles. The summed E-state index contributed by atoms with van der Waals surface area (Å²) >= 11 is 0. The van der Waals surface area contributed by atoms with Gasteiger partial charge in [-0.05, 0) is 44.9 Å². The van der Waals surface area contributed by atoms with Crippen LogP contribution in [0.2, 0.25) is 0 Å². The maximum absolute atomic E-state index is 5.71. The molecule has 2 rings (SSSR count). The summed E-state index contributed by atoms with van der Waals surface area (Å²) in [5.74, 6) is 0. The summed E-state index contributed by atoms with van der Waals surface area (Å²) in [6.45, 7) is 12.8. The molecule has 0 spiro atoms. The molecule has 1 aromatic carbocycles. The first-order valence-electron chi connectivity index (χ1n) is 7.27. The van der Waals surface area contributed by atoms with Crippen molar-refractivity contribution in [2.24, 2.45) is 0 Å². The standard InChI is InChI=1S/C16H27N3/c1-16(2,3)19-12-10-18(11-13-19)9-8-14-4-6-15(17)7-5-14/h4-7H,8-13,17H2,1-3H3. The Hall–Kier alpha value is -1.06. The molecule has 3 heteroatoms. The largest absolute Gasteiger partial charge is 0.399 e. The Morgan fingerprint density at radius 1 is 1.00 bits per heavy atom. The summed E-state index contributed by atoms with van der Waals surface area (Å²) < 4.78 is 0. The number of anilines is 1. The van der Waals surface area contributed by atoms with Gasteiger partial charge in [-0.1, -0.05) is 12.1 Å². The van der Waals surface area contributed by atoms with Gasteiger partial charge in [0.25, 0.3) is 0 Å². The SMILES string of the molecule is CC(C)(C)N1CCN(CCc2ccc(N)cc2)CC1. The maximum atomic E-state index is 5.71. The van der Waals surface area contributed by atoms with Gasteiger partial charge in [-0.3, -0.25) is 4.90 Å². The third kappa shape index (κ3) is 4.22. The Balaban J connectivity index is 1.75. The molecule has 0 unspecified atom stereocenters. The molecule has 0 saturated carbocycles. The lowest BCUT2D eigenvalue weighted by Crippen LogP contribution is -2.53. The van der Waals surface area contributed by atoms with Gasteiger partial charge in [0.15, 0.2) is 0 Å². The van der Waals surface area contributed by atoms with Crippen molar-refractivity contribution < 1.29 is 0 Å².